The van der Waals surface area contributed by atoms with E-state index in [0.29, 0.717) is 22.1 Å². The van der Waals surface area contributed by atoms with Crippen LogP contribution in [0.2, 0.25) is 0 Å². The monoisotopic (exact) mass is 655 g/mol. The molecule has 0 radical (unpaired) electrons. The SMILES string of the molecule is Cc1ccc2c(c1)c1cc(C)ccc1n2-c1cc(-c2c(F)c(F)c(F)c(F)c2F)cc(-n2c3ccc(C)cc3c3cc(C)ccc32)c1C#N. The number of aromatic nitrogens is 2. The molecular formula is C41H26F5N3. The van der Waals surface area contributed by atoms with Gasteiger partial charge in [-0.2, -0.15) is 5.26 Å². The fraction of sp³-hybridized carbons (Fsp3) is 0.0976. The summed E-state index contributed by atoms with van der Waals surface area (Å²) >= 11 is 0. The lowest BCUT2D eigenvalue weighted by Crippen LogP contribution is -2.08. The minimum Gasteiger partial charge on any atom is -0.308 e. The van der Waals surface area contributed by atoms with E-state index < -0.39 is 34.6 Å². The minimum absolute atomic E-state index is 0.146. The van der Waals surface area contributed by atoms with Gasteiger partial charge in [0.25, 0.3) is 0 Å². The standard InChI is InChI=1S/C41H26F5N3/c1-20-5-9-30-25(13-20)26-14-21(2)6-10-31(26)48(30)34-17-24(36-37(42)39(44)41(46)40(45)38(36)43)18-35(29(34)19-47)49-32-11-7-22(3)15-27(32)28-16-23(4)8-12-33(28)49/h5-18H,1-4H3. The van der Waals surface area contributed by atoms with Gasteiger partial charge in [-0.15, -0.1) is 0 Å². The zero-order valence-corrected chi connectivity index (χ0v) is 26.8. The number of nitrogens with zero attached hydrogens (tertiary/aromatic N) is 3. The van der Waals surface area contributed by atoms with E-state index in [1.54, 1.807) is 0 Å². The molecule has 0 fully saturated rings. The highest BCUT2D eigenvalue weighted by Gasteiger charge is 2.29. The first-order valence-electron chi connectivity index (χ1n) is 15.6. The third-order valence-corrected chi connectivity index (χ3v) is 9.34. The normalized spacial score (nSPS) is 11.8. The Morgan fingerprint density at radius 3 is 1.06 bits per heavy atom. The van der Waals surface area contributed by atoms with Crippen molar-refractivity contribution in [1.29, 1.82) is 5.26 Å². The van der Waals surface area contributed by atoms with Gasteiger partial charge in [0.15, 0.2) is 23.3 Å². The molecule has 2 heterocycles. The predicted molar refractivity (Wildman–Crippen MR) is 184 cm³/mol. The molecule has 0 saturated heterocycles. The average Bonchev–Trinajstić information content (AvgIpc) is 3.57. The van der Waals surface area contributed by atoms with E-state index in [1.165, 1.54) is 12.1 Å². The van der Waals surface area contributed by atoms with Gasteiger partial charge in [0.05, 0.1) is 39.0 Å². The highest BCUT2D eigenvalue weighted by Crippen LogP contribution is 2.42. The van der Waals surface area contributed by atoms with E-state index in [2.05, 4.69) is 6.07 Å². The van der Waals surface area contributed by atoms with E-state index >= 15 is 8.78 Å². The largest absolute Gasteiger partial charge is 0.308 e. The lowest BCUT2D eigenvalue weighted by atomic mass is 9.98. The maximum atomic E-state index is 15.6. The summed E-state index contributed by atoms with van der Waals surface area (Å²) in [5.41, 5.74) is 6.06. The Labute approximate surface area is 277 Å². The first-order valence-corrected chi connectivity index (χ1v) is 15.6. The molecule has 3 nitrogen and oxygen atoms in total. The summed E-state index contributed by atoms with van der Waals surface area (Å²) in [6.45, 7) is 7.86. The van der Waals surface area contributed by atoms with Crippen molar-refractivity contribution in [3.63, 3.8) is 0 Å². The van der Waals surface area contributed by atoms with Crippen molar-refractivity contribution in [1.82, 2.24) is 9.13 Å². The second kappa shape index (κ2) is 10.8. The third-order valence-electron chi connectivity index (χ3n) is 9.34. The van der Waals surface area contributed by atoms with Gasteiger partial charge < -0.3 is 9.13 Å². The molecule has 0 amide bonds. The molecule has 0 aliphatic carbocycles. The Kier molecular flexibility index (Phi) is 6.69. The van der Waals surface area contributed by atoms with Crippen molar-refractivity contribution < 1.29 is 22.0 Å². The van der Waals surface area contributed by atoms with E-state index in [4.69, 9.17) is 0 Å². The predicted octanol–water partition coefficient (Wildman–Crippen LogP) is 11.3. The van der Waals surface area contributed by atoms with Crippen LogP contribution in [0.25, 0.3) is 66.1 Å². The van der Waals surface area contributed by atoms with Gasteiger partial charge in [0.1, 0.15) is 11.6 Å². The number of nitriles is 1. The summed E-state index contributed by atoms with van der Waals surface area (Å²) in [7, 11) is 0. The molecule has 0 bridgehead atoms. The second-order valence-electron chi connectivity index (χ2n) is 12.7. The Bertz CT molecular complexity index is 2490. The van der Waals surface area contributed by atoms with Gasteiger partial charge in [0.2, 0.25) is 5.82 Å². The van der Waals surface area contributed by atoms with Crippen molar-refractivity contribution in [2.75, 3.05) is 0 Å². The highest BCUT2D eigenvalue weighted by atomic mass is 19.2. The van der Waals surface area contributed by atoms with Crippen molar-refractivity contribution in [2.24, 2.45) is 0 Å². The molecule has 0 aliphatic heterocycles. The van der Waals surface area contributed by atoms with E-state index in [0.717, 1.165) is 43.8 Å². The summed E-state index contributed by atoms with van der Waals surface area (Å²) in [6.07, 6.45) is 0. The fourth-order valence-electron chi connectivity index (χ4n) is 7.10. The molecule has 8 aromatic rings. The van der Waals surface area contributed by atoms with Crippen LogP contribution < -0.4 is 0 Å². The smallest absolute Gasteiger partial charge is 0.200 e. The summed E-state index contributed by atoms with van der Waals surface area (Å²) in [5.74, 6) is -10.3. The Balaban J connectivity index is 1.61. The molecular weight excluding hydrogens is 629 g/mol. The van der Waals surface area contributed by atoms with Crippen LogP contribution in [-0.4, -0.2) is 9.13 Å². The van der Waals surface area contributed by atoms with Crippen LogP contribution in [0.15, 0.2) is 84.9 Å². The number of hydrogen-bond donors (Lipinski definition) is 0. The van der Waals surface area contributed by atoms with Gasteiger partial charge in [-0.05, 0) is 93.9 Å². The van der Waals surface area contributed by atoms with Gasteiger partial charge in [-0.25, -0.2) is 22.0 Å². The van der Waals surface area contributed by atoms with Crippen molar-refractivity contribution >= 4 is 43.6 Å². The molecule has 8 heteroatoms. The second-order valence-corrected chi connectivity index (χ2v) is 12.7. The molecule has 8 rings (SSSR count). The Morgan fingerprint density at radius 1 is 0.449 bits per heavy atom. The molecule has 0 saturated carbocycles. The van der Waals surface area contributed by atoms with E-state index in [1.807, 2.05) is 110 Å². The van der Waals surface area contributed by atoms with Crippen molar-refractivity contribution in [3.05, 3.63) is 142 Å². The summed E-state index contributed by atoms with van der Waals surface area (Å²) in [4.78, 5) is 0. The van der Waals surface area contributed by atoms with Crippen LogP contribution in [0.4, 0.5) is 22.0 Å². The maximum absolute atomic E-state index is 15.6. The maximum Gasteiger partial charge on any atom is 0.200 e. The molecule has 0 spiro atoms. The number of rotatable bonds is 3. The van der Waals surface area contributed by atoms with Crippen LogP contribution >= 0.6 is 0 Å². The molecule has 240 valence electrons. The first kappa shape index (κ1) is 30.4. The number of benzene rings is 6. The van der Waals surface area contributed by atoms with Crippen molar-refractivity contribution in [2.45, 2.75) is 27.7 Å². The lowest BCUT2D eigenvalue weighted by molar-refractivity contribution is 0.381. The zero-order chi connectivity index (χ0) is 34.5. The number of fused-ring (bicyclic) bond motifs is 6. The average molecular weight is 656 g/mol. The van der Waals surface area contributed by atoms with Crippen molar-refractivity contribution in [3.8, 4) is 28.6 Å². The number of halogens is 5. The first-order chi connectivity index (χ1) is 23.5. The van der Waals surface area contributed by atoms with Gasteiger partial charge in [0, 0.05) is 21.5 Å². The summed E-state index contributed by atoms with van der Waals surface area (Å²) in [6, 6.07) is 28.4. The number of aryl methyl sites for hydroxylation is 4. The fourth-order valence-corrected chi connectivity index (χ4v) is 7.10. The van der Waals surface area contributed by atoms with E-state index in [-0.39, 0.29) is 22.5 Å². The zero-order valence-electron chi connectivity index (χ0n) is 26.8. The molecule has 0 aliphatic rings. The van der Waals surface area contributed by atoms with Gasteiger partial charge in [-0.1, -0.05) is 46.5 Å². The molecule has 0 N–H and O–H groups in total. The topological polar surface area (TPSA) is 33.6 Å². The lowest BCUT2D eigenvalue weighted by Gasteiger charge is -2.19. The van der Waals surface area contributed by atoms with Crippen LogP contribution in [0.1, 0.15) is 27.8 Å². The quantitative estimate of drug-likeness (QED) is 0.106. The van der Waals surface area contributed by atoms with Crippen LogP contribution in [0, 0.1) is 68.1 Å². The summed E-state index contributed by atoms with van der Waals surface area (Å²) < 4.78 is 78.6. The Hall–Kier alpha value is -5.94. The summed E-state index contributed by atoms with van der Waals surface area (Å²) in [5, 5.41) is 14.5. The van der Waals surface area contributed by atoms with E-state index in [9.17, 15) is 18.4 Å². The number of hydrogen-bond acceptors (Lipinski definition) is 1. The molecule has 0 atom stereocenters. The molecule has 6 aromatic carbocycles. The van der Waals surface area contributed by atoms with Gasteiger partial charge >= 0.3 is 0 Å². The minimum atomic E-state index is -2.24. The molecule has 49 heavy (non-hydrogen) atoms. The van der Waals surface area contributed by atoms with Gasteiger partial charge in [-0.3, -0.25) is 0 Å². The Morgan fingerprint density at radius 2 is 0.755 bits per heavy atom. The molecule has 0 unspecified atom stereocenters. The third kappa shape index (κ3) is 4.39. The van der Waals surface area contributed by atoms with Crippen LogP contribution in [-0.2, 0) is 0 Å². The van der Waals surface area contributed by atoms with Crippen LogP contribution in [0.3, 0.4) is 0 Å². The molecule has 2 aromatic heterocycles. The highest BCUT2D eigenvalue weighted by molar-refractivity contribution is 6.11. The van der Waals surface area contributed by atoms with Crippen LogP contribution in [0.5, 0.6) is 0 Å².